The first-order chi connectivity index (χ1) is 11.1. The molecule has 5 heteroatoms. The summed E-state index contributed by atoms with van der Waals surface area (Å²) in [5.41, 5.74) is 1.94. The van der Waals surface area contributed by atoms with Gasteiger partial charge in [-0.3, -0.25) is 4.79 Å². The van der Waals surface area contributed by atoms with Crippen molar-refractivity contribution in [2.45, 2.75) is 26.2 Å². The van der Waals surface area contributed by atoms with Crippen LogP contribution in [0.5, 0.6) is 5.75 Å². The first-order valence-corrected chi connectivity index (χ1v) is 8.32. The molecule has 2 rings (SSSR count). The highest BCUT2D eigenvalue weighted by Gasteiger charge is 2.11. The lowest BCUT2D eigenvalue weighted by Gasteiger charge is -2.12. The van der Waals surface area contributed by atoms with Crippen LogP contribution in [0.25, 0.3) is 0 Å². The molecule has 3 nitrogen and oxygen atoms in total. The monoisotopic (exact) mass is 351 g/mol. The normalized spacial score (nSPS) is 10.4. The molecule has 1 amide bonds. The Bertz CT molecular complexity index is 654. The first-order valence-electron chi connectivity index (χ1n) is 7.56. The molecule has 0 aliphatic carbocycles. The molecule has 0 heterocycles. The van der Waals surface area contributed by atoms with Crippen molar-refractivity contribution in [1.29, 1.82) is 0 Å². The number of carbonyl (C=O) groups excluding carboxylic acids is 1. The van der Waals surface area contributed by atoms with Crippen LogP contribution in [0.4, 0.5) is 5.69 Å². The van der Waals surface area contributed by atoms with Gasteiger partial charge in [-0.05, 0) is 36.6 Å². The van der Waals surface area contributed by atoms with E-state index in [1.54, 1.807) is 18.2 Å². The highest BCUT2D eigenvalue weighted by molar-refractivity contribution is 6.37. The number of para-hydroxylation sites is 2. The molecule has 0 unspecified atom stereocenters. The fourth-order valence-electron chi connectivity index (χ4n) is 2.17. The molecule has 122 valence electrons. The van der Waals surface area contributed by atoms with Gasteiger partial charge in [-0.25, -0.2) is 0 Å². The molecule has 0 radical (unpaired) electrons. The number of ether oxygens (including phenoxy) is 1. The number of rotatable bonds is 7. The van der Waals surface area contributed by atoms with Gasteiger partial charge in [0.1, 0.15) is 0 Å². The molecule has 23 heavy (non-hydrogen) atoms. The molecule has 0 aliphatic heterocycles. The van der Waals surface area contributed by atoms with Crippen LogP contribution in [0.2, 0.25) is 10.0 Å². The van der Waals surface area contributed by atoms with Gasteiger partial charge in [-0.1, -0.05) is 60.8 Å². The molecule has 0 atom stereocenters. The van der Waals surface area contributed by atoms with E-state index in [9.17, 15) is 4.79 Å². The Hall–Kier alpha value is -1.71. The number of amides is 1. The molecule has 0 spiro atoms. The Morgan fingerprint density at radius 2 is 1.78 bits per heavy atom. The molecule has 1 N–H and O–H groups in total. The van der Waals surface area contributed by atoms with E-state index in [0.717, 1.165) is 30.5 Å². The standard InChI is InChI=1S/C18H19Cl2NO2/c1-2-3-7-13-8-4-5-11-16(13)21-17(22)12-23-18-14(19)9-6-10-15(18)20/h4-6,8-11H,2-3,7,12H2,1H3,(H,21,22). The predicted molar refractivity (Wildman–Crippen MR) is 95.6 cm³/mol. The summed E-state index contributed by atoms with van der Waals surface area (Å²) in [6, 6.07) is 12.9. The largest absolute Gasteiger partial charge is 0.481 e. The van der Waals surface area contributed by atoms with Crippen LogP contribution in [0, 0.1) is 0 Å². The summed E-state index contributed by atoms with van der Waals surface area (Å²) in [6.07, 6.45) is 3.12. The van der Waals surface area contributed by atoms with E-state index in [2.05, 4.69) is 12.2 Å². The van der Waals surface area contributed by atoms with Crippen molar-refractivity contribution < 1.29 is 9.53 Å². The molecule has 0 aliphatic rings. The quantitative estimate of drug-likeness (QED) is 0.729. The van der Waals surface area contributed by atoms with Gasteiger partial charge in [0.2, 0.25) is 0 Å². The maximum Gasteiger partial charge on any atom is 0.262 e. The molecule has 0 saturated heterocycles. The number of halogens is 2. The molecular formula is C18H19Cl2NO2. The Morgan fingerprint density at radius 3 is 2.48 bits per heavy atom. The maximum atomic E-state index is 12.1. The number of aryl methyl sites for hydroxylation is 1. The van der Waals surface area contributed by atoms with Gasteiger partial charge in [-0.15, -0.1) is 0 Å². The third-order valence-electron chi connectivity index (χ3n) is 3.36. The van der Waals surface area contributed by atoms with E-state index in [0.29, 0.717) is 15.8 Å². The van der Waals surface area contributed by atoms with Crippen molar-refractivity contribution in [3.05, 3.63) is 58.1 Å². The average molecular weight is 352 g/mol. The van der Waals surface area contributed by atoms with Gasteiger partial charge in [0, 0.05) is 5.69 Å². The number of hydrogen-bond acceptors (Lipinski definition) is 2. The van der Waals surface area contributed by atoms with Crippen molar-refractivity contribution in [3.63, 3.8) is 0 Å². The minimum Gasteiger partial charge on any atom is -0.481 e. The fraction of sp³-hybridized carbons (Fsp3) is 0.278. The lowest BCUT2D eigenvalue weighted by molar-refractivity contribution is -0.118. The third kappa shape index (κ3) is 5.15. The summed E-state index contributed by atoms with van der Waals surface area (Å²) in [5, 5.41) is 3.64. The molecular weight excluding hydrogens is 333 g/mol. The summed E-state index contributed by atoms with van der Waals surface area (Å²) in [4.78, 5) is 12.1. The highest BCUT2D eigenvalue weighted by Crippen LogP contribution is 2.32. The maximum absolute atomic E-state index is 12.1. The Balaban J connectivity index is 1.98. The zero-order valence-electron chi connectivity index (χ0n) is 12.9. The molecule has 2 aromatic carbocycles. The van der Waals surface area contributed by atoms with Gasteiger partial charge in [0.25, 0.3) is 5.91 Å². The zero-order chi connectivity index (χ0) is 16.7. The minimum atomic E-state index is -0.245. The SMILES string of the molecule is CCCCc1ccccc1NC(=O)COc1c(Cl)cccc1Cl. The zero-order valence-corrected chi connectivity index (χ0v) is 14.5. The van der Waals surface area contributed by atoms with Crippen LogP contribution in [0.15, 0.2) is 42.5 Å². The van der Waals surface area contributed by atoms with Gasteiger partial charge >= 0.3 is 0 Å². The van der Waals surface area contributed by atoms with Crippen LogP contribution in [-0.2, 0) is 11.2 Å². The average Bonchev–Trinajstić information content (AvgIpc) is 2.53. The van der Waals surface area contributed by atoms with Crippen molar-refractivity contribution in [1.82, 2.24) is 0 Å². The van der Waals surface area contributed by atoms with E-state index >= 15 is 0 Å². The summed E-state index contributed by atoms with van der Waals surface area (Å²) >= 11 is 12.0. The van der Waals surface area contributed by atoms with Gasteiger partial charge in [0.15, 0.2) is 12.4 Å². The third-order valence-corrected chi connectivity index (χ3v) is 3.95. The number of nitrogens with one attached hydrogen (secondary N) is 1. The second kappa shape index (κ2) is 8.80. The van der Waals surface area contributed by atoms with Gasteiger partial charge < -0.3 is 10.1 Å². The Morgan fingerprint density at radius 1 is 1.09 bits per heavy atom. The predicted octanol–water partition coefficient (Wildman–Crippen LogP) is 5.35. The number of hydrogen-bond donors (Lipinski definition) is 1. The van der Waals surface area contributed by atoms with Crippen LogP contribution in [0.1, 0.15) is 25.3 Å². The molecule has 0 saturated carbocycles. The van der Waals surface area contributed by atoms with E-state index in [-0.39, 0.29) is 12.5 Å². The van der Waals surface area contributed by atoms with E-state index in [1.165, 1.54) is 0 Å². The molecule has 0 fully saturated rings. The molecule has 0 bridgehead atoms. The van der Waals surface area contributed by atoms with Gasteiger partial charge in [-0.2, -0.15) is 0 Å². The summed E-state index contributed by atoms with van der Waals surface area (Å²) < 4.78 is 5.45. The van der Waals surface area contributed by atoms with Crippen molar-refractivity contribution in [2.24, 2.45) is 0 Å². The number of carbonyl (C=O) groups is 1. The first kappa shape index (κ1) is 17.6. The lowest BCUT2D eigenvalue weighted by Crippen LogP contribution is -2.21. The molecule has 2 aromatic rings. The van der Waals surface area contributed by atoms with Crippen LogP contribution >= 0.6 is 23.2 Å². The van der Waals surface area contributed by atoms with E-state index in [4.69, 9.17) is 27.9 Å². The number of anilines is 1. The molecule has 0 aromatic heterocycles. The van der Waals surface area contributed by atoms with Gasteiger partial charge in [0.05, 0.1) is 10.0 Å². The number of unbranched alkanes of at least 4 members (excludes halogenated alkanes) is 1. The smallest absolute Gasteiger partial charge is 0.262 e. The Labute approximate surface area is 146 Å². The summed E-state index contributed by atoms with van der Waals surface area (Å²) in [6.45, 7) is 1.99. The van der Waals surface area contributed by atoms with Crippen molar-refractivity contribution in [3.8, 4) is 5.75 Å². The Kier molecular flexibility index (Phi) is 6.75. The topological polar surface area (TPSA) is 38.3 Å². The van der Waals surface area contributed by atoms with E-state index in [1.807, 2.05) is 24.3 Å². The highest BCUT2D eigenvalue weighted by atomic mass is 35.5. The minimum absolute atomic E-state index is 0.147. The number of benzene rings is 2. The van der Waals surface area contributed by atoms with Crippen LogP contribution < -0.4 is 10.1 Å². The fourth-order valence-corrected chi connectivity index (χ4v) is 2.68. The second-order valence-electron chi connectivity index (χ2n) is 5.15. The lowest BCUT2D eigenvalue weighted by atomic mass is 10.1. The van der Waals surface area contributed by atoms with Crippen LogP contribution in [-0.4, -0.2) is 12.5 Å². The summed E-state index contributed by atoms with van der Waals surface area (Å²) in [7, 11) is 0. The van der Waals surface area contributed by atoms with Crippen LogP contribution in [0.3, 0.4) is 0 Å². The van der Waals surface area contributed by atoms with Crippen molar-refractivity contribution >= 4 is 34.8 Å². The van der Waals surface area contributed by atoms with E-state index < -0.39 is 0 Å². The summed E-state index contributed by atoms with van der Waals surface area (Å²) in [5.74, 6) is 0.0789. The van der Waals surface area contributed by atoms with Crippen molar-refractivity contribution in [2.75, 3.05) is 11.9 Å². The second-order valence-corrected chi connectivity index (χ2v) is 5.96.